The molecule has 0 nitrogen and oxygen atoms in total. The predicted molar refractivity (Wildman–Crippen MR) is 68.7 cm³/mol. The average molecular weight is 362 g/mol. The van der Waals surface area contributed by atoms with Gasteiger partial charge in [0.15, 0.2) is 0 Å². The first-order valence-electron chi connectivity index (χ1n) is 5.42. The van der Waals surface area contributed by atoms with Crippen molar-refractivity contribution < 1.29 is 49.0 Å². The molecule has 0 unspecified atom stereocenters. The van der Waals surface area contributed by atoms with E-state index in [9.17, 15) is 0 Å². The molecule has 0 amide bonds. The second kappa shape index (κ2) is 13.7. The van der Waals surface area contributed by atoms with E-state index in [1.807, 2.05) is 0 Å². The molecule has 0 saturated heterocycles. The van der Waals surface area contributed by atoms with E-state index in [4.69, 9.17) is 0 Å². The molecule has 3 heteroatoms. The Balaban J connectivity index is -0.000000200. The Morgan fingerprint density at radius 1 is 1.06 bits per heavy atom. The second-order valence-electron chi connectivity index (χ2n) is 4.02. The molecule has 2 rings (SSSR count). The number of rotatable bonds is 0. The van der Waals surface area contributed by atoms with Crippen LogP contribution in [0.25, 0.3) is 0 Å². The Morgan fingerprint density at radius 3 is 1.72 bits per heavy atom. The maximum Gasteiger partial charge on any atom is -1.00 e. The quantitative estimate of drug-likeness (QED) is 0.444. The summed E-state index contributed by atoms with van der Waals surface area (Å²) in [5.41, 5.74) is 5.56. The summed E-state index contributed by atoms with van der Waals surface area (Å²) in [6.07, 6.45) is 12.6. The van der Waals surface area contributed by atoms with Gasteiger partial charge in [-0.05, 0) is 0 Å². The van der Waals surface area contributed by atoms with Gasteiger partial charge in [-0.1, -0.05) is 20.8 Å². The topological polar surface area (TPSA) is 0 Å². The summed E-state index contributed by atoms with van der Waals surface area (Å²) in [6.45, 7) is 8.47. The summed E-state index contributed by atoms with van der Waals surface area (Å²) in [6, 6.07) is 0. The van der Waals surface area contributed by atoms with Crippen molar-refractivity contribution in [3.8, 4) is 0 Å². The average Bonchev–Trinajstić information content (AvgIpc) is 2.81. The smallest absolute Gasteiger partial charge is 1.00 e. The molecule has 2 aliphatic carbocycles. The molecule has 0 bridgehead atoms. The third kappa shape index (κ3) is 10.2. The van der Waals surface area contributed by atoms with Crippen molar-refractivity contribution >= 4 is 4.21 Å². The molecule has 0 saturated carbocycles. The fourth-order valence-corrected chi connectivity index (χ4v) is 1.37. The normalized spacial score (nSPS) is 15.2. The Kier molecular flexibility index (Phi) is 17.8. The van der Waals surface area contributed by atoms with Gasteiger partial charge in [-0.15, -0.1) is 19.8 Å². The zero-order chi connectivity index (χ0) is 12.6. The Morgan fingerprint density at radius 2 is 1.61 bits per heavy atom. The Hall–Kier alpha value is 0.293. The molecule has 0 N–H and O–H groups in total. The van der Waals surface area contributed by atoms with Crippen molar-refractivity contribution in [3.05, 3.63) is 46.6 Å². The summed E-state index contributed by atoms with van der Waals surface area (Å²) in [5.74, 6) is 0. The van der Waals surface area contributed by atoms with Gasteiger partial charge in [0.25, 0.3) is 0 Å². The largest absolute Gasteiger partial charge is 1.00 e. The van der Waals surface area contributed by atoms with Crippen LogP contribution in [0.1, 0.15) is 40.5 Å². The molecule has 0 radical (unpaired) electrons. The van der Waals surface area contributed by atoms with Crippen LogP contribution < -0.4 is 24.8 Å². The minimum absolute atomic E-state index is 0. The maximum absolute atomic E-state index is 3.34. The fraction of sp³-hybridized carbons (Fsp3) is 0.400. The zero-order valence-electron chi connectivity index (χ0n) is 11.5. The minimum atomic E-state index is 0. The van der Waals surface area contributed by atoms with Crippen LogP contribution in [0.4, 0.5) is 0 Å². The SMILES string of the molecule is CC1=C(C)C[C-]=C1.CC1=[C-]CC(C)=C1.[CH2]=[Zr+2].[Cl-].[Cl-]. The number of hydrogen-bond donors (Lipinski definition) is 0. The van der Waals surface area contributed by atoms with Crippen LogP contribution in [0.15, 0.2) is 34.4 Å². The maximum atomic E-state index is 3.34. The third-order valence-corrected chi connectivity index (χ3v) is 2.47. The van der Waals surface area contributed by atoms with Crippen LogP contribution in [0, 0.1) is 12.2 Å². The second-order valence-corrected chi connectivity index (χ2v) is 4.02. The van der Waals surface area contributed by atoms with E-state index in [0.29, 0.717) is 0 Å². The van der Waals surface area contributed by atoms with Gasteiger partial charge in [-0.2, -0.15) is 11.1 Å². The molecule has 2 aliphatic rings. The molecule has 18 heavy (non-hydrogen) atoms. The van der Waals surface area contributed by atoms with Crippen LogP contribution in [0.2, 0.25) is 0 Å². The molecule has 0 aromatic carbocycles. The van der Waals surface area contributed by atoms with Gasteiger partial charge in [0.05, 0.1) is 0 Å². The van der Waals surface area contributed by atoms with Crippen molar-refractivity contribution in [2.24, 2.45) is 0 Å². The fourth-order valence-electron chi connectivity index (χ4n) is 1.37. The molecule has 0 aromatic rings. The van der Waals surface area contributed by atoms with Crippen molar-refractivity contribution in [1.82, 2.24) is 0 Å². The molecule has 100 valence electrons. The van der Waals surface area contributed by atoms with Crippen molar-refractivity contribution in [2.45, 2.75) is 40.5 Å². The van der Waals surface area contributed by atoms with E-state index in [2.05, 4.69) is 56.2 Å². The van der Waals surface area contributed by atoms with Gasteiger partial charge < -0.3 is 24.8 Å². The first-order chi connectivity index (χ1) is 7.59. The van der Waals surface area contributed by atoms with Crippen LogP contribution in [0.5, 0.6) is 0 Å². The van der Waals surface area contributed by atoms with Gasteiger partial charge in [-0.3, -0.25) is 12.2 Å². The summed E-state index contributed by atoms with van der Waals surface area (Å²) >= 11 is 1.30. The van der Waals surface area contributed by atoms with E-state index in [-0.39, 0.29) is 24.8 Å². The van der Waals surface area contributed by atoms with Gasteiger partial charge >= 0.3 is 28.4 Å². The van der Waals surface area contributed by atoms with Gasteiger partial charge in [-0.25, -0.2) is 23.3 Å². The summed E-state index contributed by atoms with van der Waals surface area (Å²) < 4.78 is 3.34. The van der Waals surface area contributed by atoms with E-state index in [1.54, 1.807) is 0 Å². The first kappa shape index (κ1) is 23.4. The van der Waals surface area contributed by atoms with E-state index in [1.165, 1.54) is 46.5 Å². The third-order valence-electron chi connectivity index (χ3n) is 2.47. The number of halogens is 2. The molecule has 0 spiro atoms. The molecule has 0 atom stereocenters. The monoisotopic (exact) mass is 360 g/mol. The zero-order valence-corrected chi connectivity index (χ0v) is 15.5. The van der Waals surface area contributed by atoms with Crippen LogP contribution in [-0.4, -0.2) is 4.21 Å². The standard InChI is InChI=1S/2C7H9.CH2.2ClH.Zr/c1-6-3-4-7(2)5-6;1-6-4-3-5-7(6)2;;;;/h5H,3H2,1-2H3;4H,5H2,1-2H3;1H2;2*1H;/q2*-1;;;;+2/p-2. The van der Waals surface area contributed by atoms with Crippen molar-refractivity contribution in [3.63, 3.8) is 0 Å². The van der Waals surface area contributed by atoms with Gasteiger partial charge in [0, 0.05) is 0 Å². The first-order valence-corrected chi connectivity index (χ1v) is 7.16. The molecule has 0 aromatic heterocycles. The van der Waals surface area contributed by atoms with Crippen LogP contribution >= 0.6 is 0 Å². The summed E-state index contributed by atoms with van der Waals surface area (Å²) in [4.78, 5) is 0. The van der Waals surface area contributed by atoms with Crippen LogP contribution in [-0.2, 0) is 24.2 Å². The summed E-state index contributed by atoms with van der Waals surface area (Å²) in [5, 5.41) is 0. The Bertz CT molecular complexity index is 350. The van der Waals surface area contributed by atoms with Crippen molar-refractivity contribution in [2.75, 3.05) is 0 Å². The minimum Gasteiger partial charge on any atom is -1.00 e. The number of allylic oxidation sites excluding steroid dienone is 8. The molecule has 0 fully saturated rings. The van der Waals surface area contributed by atoms with Gasteiger partial charge in [0.2, 0.25) is 0 Å². The molecular weight excluding hydrogens is 342 g/mol. The van der Waals surface area contributed by atoms with E-state index >= 15 is 0 Å². The number of hydrogen-bond acceptors (Lipinski definition) is 0. The van der Waals surface area contributed by atoms with Gasteiger partial charge in [0.1, 0.15) is 0 Å². The molecule has 0 aliphatic heterocycles. The predicted octanol–water partition coefficient (Wildman–Crippen LogP) is -1.86. The molecule has 0 heterocycles. The van der Waals surface area contributed by atoms with Crippen molar-refractivity contribution in [1.29, 1.82) is 0 Å². The molecular formula is C15H20Cl2Zr-2. The van der Waals surface area contributed by atoms with E-state index < -0.39 is 0 Å². The Labute approximate surface area is 139 Å². The van der Waals surface area contributed by atoms with E-state index in [0.717, 1.165) is 12.8 Å². The summed E-state index contributed by atoms with van der Waals surface area (Å²) in [7, 11) is 0. The van der Waals surface area contributed by atoms with Crippen LogP contribution in [0.3, 0.4) is 0 Å².